The van der Waals surface area contributed by atoms with Gasteiger partial charge in [0.15, 0.2) is 0 Å². The molecule has 198 valence electrons. The fourth-order valence-electron chi connectivity index (χ4n) is 7.29. The summed E-state index contributed by atoms with van der Waals surface area (Å²) in [6.07, 6.45) is 0. The molecule has 0 fully saturated rings. The molecule has 0 aliphatic heterocycles. The zero-order valence-corrected chi connectivity index (χ0v) is 23.3. The van der Waals surface area contributed by atoms with E-state index in [9.17, 15) is 0 Å². The Morgan fingerprint density at radius 1 is 0.500 bits per heavy atom. The molecule has 1 heterocycles. The largest absolute Gasteiger partial charge is 0.459 e. The van der Waals surface area contributed by atoms with E-state index in [0.717, 1.165) is 44.4 Å². The molecule has 1 spiro atoms. The van der Waals surface area contributed by atoms with Crippen LogP contribution < -0.4 is 4.90 Å². The van der Waals surface area contributed by atoms with Gasteiger partial charge in [0.2, 0.25) is 0 Å². The summed E-state index contributed by atoms with van der Waals surface area (Å²) >= 11 is 6.77. The molecule has 0 N–H and O–H groups in total. The zero-order chi connectivity index (χ0) is 27.8. The van der Waals surface area contributed by atoms with Gasteiger partial charge in [-0.15, -0.1) is 0 Å². The molecule has 0 amide bonds. The molecule has 2 aliphatic rings. The minimum Gasteiger partial charge on any atom is -0.459 e. The molecular formula is C39H24ClNO. The minimum atomic E-state index is -0.629. The van der Waals surface area contributed by atoms with Crippen molar-refractivity contribution in [1.82, 2.24) is 0 Å². The first-order chi connectivity index (χ1) is 20.7. The van der Waals surface area contributed by atoms with Gasteiger partial charge in [-0.25, -0.2) is 0 Å². The van der Waals surface area contributed by atoms with Gasteiger partial charge in [-0.2, -0.15) is 0 Å². The Labute approximate surface area is 249 Å². The number of nitrogens with zero attached hydrogens (tertiary/aromatic N) is 1. The number of halogens is 1. The first-order valence-electron chi connectivity index (χ1n) is 14.2. The van der Waals surface area contributed by atoms with Crippen molar-refractivity contribution in [1.29, 1.82) is 0 Å². The Bertz CT molecular complexity index is 2130. The van der Waals surface area contributed by atoms with Crippen LogP contribution in [-0.4, -0.2) is 0 Å². The summed E-state index contributed by atoms with van der Waals surface area (Å²) in [5.41, 5.74) is 12.0. The van der Waals surface area contributed by atoms with Crippen molar-refractivity contribution >= 4 is 39.6 Å². The van der Waals surface area contributed by atoms with E-state index in [1.54, 1.807) is 0 Å². The molecule has 0 saturated heterocycles. The maximum Gasteiger partial charge on any atom is 0.135 e. The van der Waals surface area contributed by atoms with Gasteiger partial charge < -0.3 is 9.32 Å². The van der Waals surface area contributed by atoms with Gasteiger partial charge in [-0.05, 0) is 88.0 Å². The van der Waals surface area contributed by atoms with Crippen LogP contribution in [0.3, 0.4) is 0 Å². The zero-order valence-electron chi connectivity index (χ0n) is 22.6. The van der Waals surface area contributed by atoms with Crippen LogP contribution in [0.5, 0.6) is 0 Å². The van der Waals surface area contributed by atoms with Crippen LogP contribution in [0.4, 0.5) is 17.1 Å². The van der Waals surface area contributed by atoms with Crippen molar-refractivity contribution in [3.63, 3.8) is 0 Å². The lowest BCUT2D eigenvalue weighted by Gasteiger charge is -2.30. The average molecular weight is 558 g/mol. The van der Waals surface area contributed by atoms with Crippen molar-refractivity contribution in [2.45, 2.75) is 5.41 Å². The van der Waals surface area contributed by atoms with Gasteiger partial charge >= 0.3 is 0 Å². The Morgan fingerprint density at radius 3 is 1.90 bits per heavy atom. The third kappa shape index (κ3) is 3.05. The quantitative estimate of drug-likeness (QED) is 0.215. The summed E-state index contributed by atoms with van der Waals surface area (Å²) in [6.45, 7) is 0. The van der Waals surface area contributed by atoms with Gasteiger partial charge in [-0.3, -0.25) is 0 Å². The topological polar surface area (TPSA) is 16.4 Å². The van der Waals surface area contributed by atoms with Gasteiger partial charge in [0.25, 0.3) is 0 Å². The number of para-hydroxylation sites is 3. The lowest BCUT2D eigenvalue weighted by molar-refractivity contribution is 0.507. The van der Waals surface area contributed by atoms with Crippen LogP contribution in [0.1, 0.15) is 22.5 Å². The smallest absolute Gasteiger partial charge is 0.135 e. The average Bonchev–Trinajstić information content (AvgIpc) is 3.65. The molecule has 9 rings (SSSR count). The second kappa shape index (κ2) is 8.72. The fourth-order valence-corrected chi connectivity index (χ4v) is 7.46. The van der Waals surface area contributed by atoms with Gasteiger partial charge in [0, 0.05) is 33.0 Å². The van der Waals surface area contributed by atoms with E-state index in [4.69, 9.17) is 16.0 Å². The van der Waals surface area contributed by atoms with Crippen molar-refractivity contribution in [3.05, 3.63) is 173 Å². The number of fused-ring (bicyclic) bond motifs is 12. The first-order valence-corrected chi connectivity index (χ1v) is 14.6. The molecule has 0 bridgehead atoms. The SMILES string of the molecule is Clc1ccc2c(c1)C1(c3ccccc3-c3ccc(N(c4ccccc4)c4ccccc4)cc31)c1oc3ccccc3c1-2. The number of furan rings is 1. The highest BCUT2D eigenvalue weighted by Gasteiger charge is 2.55. The molecule has 1 unspecified atom stereocenters. The van der Waals surface area contributed by atoms with Crippen LogP contribution in [0.2, 0.25) is 5.02 Å². The number of anilines is 3. The molecule has 0 saturated carbocycles. The monoisotopic (exact) mass is 557 g/mol. The predicted octanol–water partition coefficient (Wildman–Crippen LogP) is 10.9. The lowest BCUT2D eigenvalue weighted by Crippen LogP contribution is -2.26. The van der Waals surface area contributed by atoms with E-state index >= 15 is 0 Å². The van der Waals surface area contributed by atoms with Gasteiger partial charge in [0.05, 0.1) is 0 Å². The molecule has 2 nitrogen and oxygen atoms in total. The van der Waals surface area contributed by atoms with Crippen molar-refractivity contribution in [3.8, 4) is 22.3 Å². The van der Waals surface area contributed by atoms with E-state index in [2.05, 4.69) is 138 Å². The highest BCUT2D eigenvalue weighted by atomic mass is 35.5. The number of hydrogen-bond acceptors (Lipinski definition) is 2. The van der Waals surface area contributed by atoms with Crippen molar-refractivity contribution in [2.24, 2.45) is 0 Å². The first kappa shape index (κ1) is 23.6. The summed E-state index contributed by atoms with van der Waals surface area (Å²) in [5.74, 6) is 0.968. The maximum absolute atomic E-state index is 6.90. The van der Waals surface area contributed by atoms with Crippen LogP contribution in [0, 0.1) is 0 Å². The molecule has 0 radical (unpaired) electrons. The predicted molar refractivity (Wildman–Crippen MR) is 172 cm³/mol. The van der Waals surface area contributed by atoms with E-state index < -0.39 is 5.41 Å². The highest BCUT2D eigenvalue weighted by Crippen LogP contribution is 2.65. The van der Waals surface area contributed by atoms with E-state index in [1.807, 2.05) is 12.1 Å². The molecule has 3 heteroatoms. The second-order valence-corrected chi connectivity index (χ2v) is 11.5. The van der Waals surface area contributed by atoms with Crippen molar-refractivity contribution < 1.29 is 4.42 Å². The van der Waals surface area contributed by atoms with E-state index in [-0.39, 0.29) is 0 Å². The Kier molecular flexibility index (Phi) is 4.91. The number of benzene rings is 6. The summed E-state index contributed by atoms with van der Waals surface area (Å²) in [6, 6.07) is 51.4. The summed E-state index contributed by atoms with van der Waals surface area (Å²) in [7, 11) is 0. The van der Waals surface area contributed by atoms with Crippen LogP contribution in [0.15, 0.2) is 150 Å². The van der Waals surface area contributed by atoms with Crippen molar-refractivity contribution in [2.75, 3.05) is 4.90 Å². The molecule has 6 aromatic carbocycles. The van der Waals surface area contributed by atoms with E-state index in [0.29, 0.717) is 0 Å². The molecule has 1 atom stereocenters. The summed E-state index contributed by atoms with van der Waals surface area (Å²) < 4.78 is 6.90. The Balaban J connectivity index is 1.40. The highest BCUT2D eigenvalue weighted by molar-refractivity contribution is 6.31. The Morgan fingerprint density at radius 2 is 1.12 bits per heavy atom. The fraction of sp³-hybridized carbons (Fsp3) is 0.0256. The van der Waals surface area contributed by atoms with E-state index in [1.165, 1.54) is 33.4 Å². The van der Waals surface area contributed by atoms with Crippen LogP contribution in [0.25, 0.3) is 33.2 Å². The Hall–Kier alpha value is -5.05. The molecule has 2 aliphatic carbocycles. The second-order valence-electron chi connectivity index (χ2n) is 11.0. The van der Waals surface area contributed by atoms with Gasteiger partial charge in [-0.1, -0.05) is 103 Å². The van der Waals surface area contributed by atoms with Gasteiger partial charge in [0.1, 0.15) is 16.8 Å². The van der Waals surface area contributed by atoms with Crippen LogP contribution >= 0.6 is 11.6 Å². The standard InChI is InChI=1S/C39H24ClNO/c40-25-19-21-31-34(23-25)39(38-37(31)32-16-8-10-18-36(32)42-38)33-17-9-7-15-29(33)30-22-20-28(24-35(30)39)41(26-11-3-1-4-12-26)27-13-5-2-6-14-27/h1-24H. The molecule has 7 aromatic rings. The normalized spacial score (nSPS) is 15.8. The lowest BCUT2D eigenvalue weighted by atomic mass is 9.73. The molecule has 1 aromatic heterocycles. The third-order valence-electron chi connectivity index (χ3n) is 8.91. The number of rotatable bonds is 3. The number of hydrogen-bond donors (Lipinski definition) is 0. The summed E-state index contributed by atoms with van der Waals surface area (Å²) in [4.78, 5) is 2.32. The molecule has 42 heavy (non-hydrogen) atoms. The van der Waals surface area contributed by atoms with Crippen LogP contribution in [-0.2, 0) is 5.41 Å². The summed E-state index contributed by atoms with van der Waals surface area (Å²) in [5, 5.41) is 1.85. The minimum absolute atomic E-state index is 0.629. The third-order valence-corrected chi connectivity index (χ3v) is 9.14. The maximum atomic E-state index is 6.90. The molecular weight excluding hydrogens is 534 g/mol.